The van der Waals surface area contributed by atoms with Gasteiger partial charge < -0.3 is 20.1 Å². The summed E-state index contributed by atoms with van der Waals surface area (Å²) in [5.41, 5.74) is 1.09. The average Bonchev–Trinajstić information content (AvgIpc) is 3.14. The lowest BCUT2D eigenvalue weighted by Crippen LogP contribution is -2.37. The summed E-state index contributed by atoms with van der Waals surface area (Å²) in [6, 6.07) is 7.78. The van der Waals surface area contributed by atoms with Crippen molar-refractivity contribution in [2.45, 2.75) is 19.5 Å². The summed E-state index contributed by atoms with van der Waals surface area (Å²) in [5.74, 6) is 2.21. The number of aryl methyl sites for hydroxylation is 1. The minimum Gasteiger partial charge on any atom is -0.493 e. The second-order valence-electron chi connectivity index (χ2n) is 5.16. The molecule has 1 aromatic heterocycles. The van der Waals surface area contributed by atoms with E-state index in [0.29, 0.717) is 6.54 Å². The number of aliphatic imine (C=N–C) groups is 1. The van der Waals surface area contributed by atoms with Crippen molar-refractivity contribution in [2.24, 2.45) is 4.99 Å². The zero-order chi connectivity index (χ0) is 17.2. The van der Waals surface area contributed by atoms with Crippen LogP contribution in [0.3, 0.4) is 0 Å². The highest BCUT2D eigenvalue weighted by Gasteiger charge is 2.05. The van der Waals surface area contributed by atoms with E-state index < -0.39 is 0 Å². The van der Waals surface area contributed by atoms with Crippen molar-refractivity contribution in [3.63, 3.8) is 0 Å². The van der Waals surface area contributed by atoms with E-state index in [1.54, 1.807) is 27.5 Å². The van der Waals surface area contributed by atoms with Gasteiger partial charge in [-0.25, -0.2) is 0 Å². The molecule has 0 radical (unpaired) electrons. The molecule has 2 aromatic rings. The van der Waals surface area contributed by atoms with Gasteiger partial charge in [0.05, 0.1) is 14.2 Å². The molecule has 130 valence electrons. The minimum absolute atomic E-state index is 0.652. The van der Waals surface area contributed by atoms with Crippen LogP contribution in [0.15, 0.2) is 41.7 Å². The van der Waals surface area contributed by atoms with Crippen LogP contribution in [0, 0.1) is 0 Å². The van der Waals surface area contributed by atoms with Crippen LogP contribution in [0.4, 0.5) is 0 Å². The molecule has 0 unspecified atom stereocenters. The van der Waals surface area contributed by atoms with Gasteiger partial charge in [0.1, 0.15) is 0 Å². The molecule has 2 N–H and O–H groups in total. The molecule has 7 heteroatoms. The number of aromatic nitrogens is 2. The van der Waals surface area contributed by atoms with Crippen molar-refractivity contribution in [3.05, 3.63) is 42.2 Å². The summed E-state index contributed by atoms with van der Waals surface area (Å²) in [4.78, 5) is 4.23. The van der Waals surface area contributed by atoms with E-state index >= 15 is 0 Å². The number of methoxy groups -OCH3 is 2. The summed E-state index contributed by atoms with van der Waals surface area (Å²) in [7, 11) is 5.03. The number of guanidine groups is 1. The number of nitrogens with one attached hydrogen (secondary N) is 2. The van der Waals surface area contributed by atoms with E-state index in [1.165, 1.54) is 0 Å². The third-order valence-corrected chi connectivity index (χ3v) is 3.55. The fourth-order valence-electron chi connectivity index (χ4n) is 2.28. The van der Waals surface area contributed by atoms with Crippen LogP contribution < -0.4 is 20.1 Å². The molecule has 0 spiro atoms. The maximum atomic E-state index is 5.32. The largest absolute Gasteiger partial charge is 0.493 e. The van der Waals surface area contributed by atoms with Gasteiger partial charge in [-0.1, -0.05) is 6.07 Å². The van der Waals surface area contributed by atoms with Gasteiger partial charge >= 0.3 is 0 Å². The van der Waals surface area contributed by atoms with Crippen LogP contribution in [-0.2, 0) is 13.1 Å². The van der Waals surface area contributed by atoms with Crippen molar-refractivity contribution in [3.8, 4) is 11.5 Å². The third kappa shape index (κ3) is 5.19. The summed E-state index contributed by atoms with van der Waals surface area (Å²) in [6.07, 6.45) is 4.72. The van der Waals surface area contributed by atoms with E-state index in [4.69, 9.17) is 9.47 Å². The second-order valence-corrected chi connectivity index (χ2v) is 5.16. The van der Waals surface area contributed by atoms with E-state index in [2.05, 4.69) is 20.7 Å². The lowest BCUT2D eigenvalue weighted by Gasteiger charge is -2.13. The number of ether oxygens (including phenoxy) is 2. The molecule has 0 bridgehead atoms. The highest BCUT2D eigenvalue weighted by molar-refractivity contribution is 5.79. The Bertz CT molecular complexity index is 640. The molecule has 24 heavy (non-hydrogen) atoms. The molecule has 7 nitrogen and oxygen atoms in total. The Morgan fingerprint density at radius 1 is 1.21 bits per heavy atom. The molecule has 0 saturated heterocycles. The Balaban J connectivity index is 1.76. The summed E-state index contributed by atoms with van der Waals surface area (Å²) in [6.45, 7) is 2.36. The highest BCUT2D eigenvalue weighted by Crippen LogP contribution is 2.27. The lowest BCUT2D eigenvalue weighted by molar-refractivity contribution is 0.354. The minimum atomic E-state index is 0.652. The highest BCUT2D eigenvalue weighted by atomic mass is 16.5. The molecular weight excluding hydrogens is 306 g/mol. The van der Waals surface area contributed by atoms with Crippen LogP contribution in [0.5, 0.6) is 11.5 Å². The van der Waals surface area contributed by atoms with Gasteiger partial charge in [0.2, 0.25) is 0 Å². The lowest BCUT2D eigenvalue weighted by atomic mass is 10.2. The normalized spacial score (nSPS) is 11.2. The Labute approximate surface area is 142 Å². The number of hydrogen-bond acceptors (Lipinski definition) is 4. The summed E-state index contributed by atoms with van der Waals surface area (Å²) < 4.78 is 12.5. The topological polar surface area (TPSA) is 72.7 Å². The van der Waals surface area contributed by atoms with Crippen LogP contribution in [0.25, 0.3) is 0 Å². The van der Waals surface area contributed by atoms with Gasteiger partial charge in [0, 0.05) is 39.1 Å². The molecule has 1 aromatic carbocycles. The molecule has 0 saturated carbocycles. The third-order valence-electron chi connectivity index (χ3n) is 3.55. The Morgan fingerprint density at radius 2 is 2.04 bits per heavy atom. The van der Waals surface area contributed by atoms with Crippen molar-refractivity contribution < 1.29 is 9.47 Å². The van der Waals surface area contributed by atoms with E-state index in [1.807, 2.05) is 35.1 Å². The predicted octanol–water partition coefficient (Wildman–Crippen LogP) is 1.66. The van der Waals surface area contributed by atoms with Crippen molar-refractivity contribution in [1.29, 1.82) is 0 Å². The van der Waals surface area contributed by atoms with Crippen LogP contribution >= 0.6 is 0 Å². The van der Waals surface area contributed by atoms with Gasteiger partial charge in [-0.15, -0.1) is 0 Å². The molecule has 0 fully saturated rings. The van der Waals surface area contributed by atoms with Gasteiger partial charge in [-0.05, 0) is 30.2 Å². The van der Waals surface area contributed by atoms with Crippen molar-refractivity contribution >= 4 is 5.96 Å². The molecular formula is C17H25N5O2. The van der Waals surface area contributed by atoms with Crippen LogP contribution in [0.1, 0.15) is 12.0 Å². The van der Waals surface area contributed by atoms with Crippen molar-refractivity contribution in [2.75, 3.05) is 27.8 Å². The smallest absolute Gasteiger partial charge is 0.191 e. The first-order valence-corrected chi connectivity index (χ1v) is 7.89. The molecule has 0 aliphatic heterocycles. The van der Waals surface area contributed by atoms with Gasteiger partial charge in [0.25, 0.3) is 0 Å². The Hall–Kier alpha value is -2.70. The SMILES string of the molecule is CN=C(NCCCn1cccn1)NCc1ccc(OC)c(OC)c1. The maximum Gasteiger partial charge on any atom is 0.191 e. The average molecular weight is 331 g/mol. The predicted molar refractivity (Wildman–Crippen MR) is 94.6 cm³/mol. The van der Waals surface area contributed by atoms with E-state index in [9.17, 15) is 0 Å². The van der Waals surface area contributed by atoms with Crippen molar-refractivity contribution in [1.82, 2.24) is 20.4 Å². The fourth-order valence-corrected chi connectivity index (χ4v) is 2.28. The molecule has 0 aliphatic rings. The molecule has 0 amide bonds. The number of nitrogens with zero attached hydrogens (tertiary/aromatic N) is 3. The zero-order valence-corrected chi connectivity index (χ0v) is 14.5. The zero-order valence-electron chi connectivity index (χ0n) is 14.5. The molecule has 1 heterocycles. The van der Waals surface area contributed by atoms with Gasteiger partial charge in [-0.2, -0.15) is 5.10 Å². The fraction of sp³-hybridized carbons (Fsp3) is 0.412. The first kappa shape index (κ1) is 17.7. The summed E-state index contributed by atoms with van der Waals surface area (Å²) >= 11 is 0. The molecule has 2 rings (SSSR count). The second kappa shape index (κ2) is 9.44. The number of rotatable bonds is 8. The number of benzene rings is 1. The van der Waals surface area contributed by atoms with Gasteiger partial charge in [0.15, 0.2) is 17.5 Å². The summed E-state index contributed by atoms with van der Waals surface area (Å²) in [5, 5.41) is 10.8. The van der Waals surface area contributed by atoms with Crippen LogP contribution in [-0.4, -0.2) is 43.6 Å². The Morgan fingerprint density at radius 3 is 2.71 bits per heavy atom. The maximum absolute atomic E-state index is 5.32. The first-order chi connectivity index (χ1) is 11.8. The Kier molecular flexibility index (Phi) is 6.94. The van der Waals surface area contributed by atoms with Gasteiger partial charge in [-0.3, -0.25) is 9.67 Å². The van der Waals surface area contributed by atoms with E-state index in [0.717, 1.165) is 42.5 Å². The molecule has 0 aliphatic carbocycles. The van der Waals surface area contributed by atoms with Crippen LogP contribution in [0.2, 0.25) is 0 Å². The number of hydrogen-bond donors (Lipinski definition) is 2. The first-order valence-electron chi connectivity index (χ1n) is 7.89. The standard InChI is InChI=1S/C17H25N5O2/c1-18-17(19-8-4-10-22-11-5-9-21-22)20-13-14-6-7-15(23-2)16(12-14)24-3/h5-7,9,11-12H,4,8,10,13H2,1-3H3,(H2,18,19,20). The van der Waals surface area contributed by atoms with E-state index in [-0.39, 0.29) is 0 Å². The molecule has 0 atom stereocenters. The quantitative estimate of drug-likeness (QED) is 0.437. The monoisotopic (exact) mass is 331 g/mol.